The number of fused-ring (bicyclic) bond motifs is 1. The third-order valence-electron chi connectivity index (χ3n) is 4.39. The molecule has 0 bridgehead atoms. The van der Waals surface area contributed by atoms with E-state index in [9.17, 15) is 23.2 Å². The molecular weight excluding hydrogens is 400 g/mol. The van der Waals surface area contributed by atoms with Gasteiger partial charge < -0.3 is 14.8 Å². The van der Waals surface area contributed by atoms with Gasteiger partial charge in [-0.1, -0.05) is 18.2 Å². The molecule has 158 valence electrons. The van der Waals surface area contributed by atoms with E-state index < -0.39 is 23.8 Å². The first-order valence-electron chi connectivity index (χ1n) is 8.99. The second kappa shape index (κ2) is 9.21. The quantitative estimate of drug-likeness (QED) is 0.578. The summed E-state index contributed by atoms with van der Waals surface area (Å²) in [6.45, 7) is -2.98. The largest absolute Gasteiger partial charge is 0.493 e. The summed E-state index contributed by atoms with van der Waals surface area (Å²) in [5.41, 5.74) is -0.0881. The molecule has 0 fully saturated rings. The van der Waals surface area contributed by atoms with Gasteiger partial charge in [0, 0.05) is 6.54 Å². The van der Waals surface area contributed by atoms with Crippen LogP contribution in [0.5, 0.6) is 11.5 Å². The van der Waals surface area contributed by atoms with E-state index in [1.165, 1.54) is 17.7 Å². The Morgan fingerprint density at radius 3 is 2.67 bits per heavy atom. The lowest BCUT2D eigenvalue weighted by Gasteiger charge is -2.12. The Balaban J connectivity index is 1.64. The van der Waals surface area contributed by atoms with Gasteiger partial charge in [0.25, 0.3) is 5.56 Å². The molecule has 3 aromatic rings. The summed E-state index contributed by atoms with van der Waals surface area (Å²) in [5, 5.41) is 3.00. The summed E-state index contributed by atoms with van der Waals surface area (Å²) in [5.74, 6) is -0.339. The van der Waals surface area contributed by atoms with Crippen molar-refractivity contribution in [2.24, 2.45) is 0 Å². The maximum atomic E-state index is 12.4. The number of aromatic amines is 1. The average Bonchev–Trinajstić information content (AvgIpc) is 2.71. The van der Waals surface area contributed by atoms with Crippen molar-refractivity contribution >= 4 is 16.8 Å². The van der Waals surface area contributed by atoms with E-state index in [1.807, 2.05) is 0 Å². The number of carbonyl (C=O) groups excluding carboxylic acids is 1. The van der Waals surface area contributed by atoms with Gasteiger partial charge in [0.1, 0.15) is 6.54 Å². The van der Waals surface area contributed by atoms with Crippen LogP contribution in [-0.2, 0) is 17.8 Å². The number of carbonyl (C=O) groups is 1. The minimum Gasteiger partial charge on any atom is -0.493 e. The predicted molar refractivity (Wildman–Crippen MR) is 105 cm³/mol. The van der Waals surface area contributed by atoms with E-state index >= 15 is 0 Å². The van der Waals surface area contributed by atoms with Gasteiger partial charge in [-0.25, -0.2) is 4.79 Å². The molecule has 0 aliphatic carbocycles. The van der Waals surface area contributed by atoms with Crippen LogP contribution in [0.4, 0.5) is 8.78 Å². The Bertz CT molecular complexity index is 1170. The molecule has 3 rings (SSSR count). The van der Waals surface area contributed by atoms with Crippen molar-refractivity contribution in [3.8, 4) is 11.5 Å². The van der Waals surface area contributed by atoms with Crippen LogP contribution in [0.1, 0.15) is 5.56 Å². The van der Waals surface area contributed by atoms with Crippen LogP contribution in [0.25, 0.3) is 10.9 Å². The fourth-order valence-electron chi connectivity index (χ4n) is 3.01. The number of nitrogens with zero attached hydrogens (tertiary/aromatic N) is 1. The molecular formula is C20H19F2N3O5. The number of halogens is 2. The molecule has 0 aliphatic rings. The number of benzene rings is 2. The van der Waals surface area contributed by atoms with Crippen molar-refractivity contribution in [1.82, 2.24) is 14.9 Å². The van der Waals surface area contributed by atoms with Crippen LogP contribution in [-0.4, -0.2) is 35.7 Å². The van der Waals surface area contributed by atoms with Crippen molar-refractivity contribution in [3.63, 3.8) is 0 Å². The molecule has 0 unspecified atom stereocenters. The number of aromatic nitrogens is 2. The van der Waals surface area contributed by atoms with Gasteiger partial charge in [-0.15, -0.1) is 0 Å². The van der Waals surface area contributed by atoms with E-state index in [2.05, 4.69) is 15.0 Å². The zero-order valence-corrected chi connectivity index (χ0v) is 16.0. The monoisotopic (exact) mass is 419 g/mol. The fraction of sp³-hybridized carbons (Fsp3) is 0.250. The highest BCUT2D eigenvalue weighted by molar-refractivity contribution is 5.81. The van der Waals surface area contributed by atoms with Crippen molar-refractivity contribution in [3.05, 3.63) is 68.9 Å². The van der Waals surface area contributed by atoms with E-state index in [0.29, 0.717) is 17.3 Å². The van der Waals surface area contributed by atoms with E-state index in [4.69, 9.17) is 4.74 Å². The molecule has 0 radical (unpaired) electrons. The Hall–Kier alpha value is -3.69. The number of hydrogen-bond acceptors (Lipinski definition) is 5. The van der Waals surface area contributed by atoms with Gasteiger partial charge in [-0.05, 0) is 36.2 Å². The Morgan fingerprint density at radius 1 is 1.17 bits per heavy atom. The summed E-state index contributed by atoms with van der Waals surface area (Å²) in [6, 6.07) is 11.0. The molecule has 1 heterocycles. The average molecular weight is 419 g/mol. The number of alkyl halides is 2. The highest BCUT2D eigenvalue weighted by atomic mass is 19.3. The molecule has 10 heteroatoms. The maximum Gasteiger partial charge on any atom is 0.387 e. The van der Waals surface area contributed by atoms with Gasteiger partial charge in [0.05, 0.1) is 18.0 Å². The van der Waals surface area contributed by atoms with Crippen LogP contribution in [0.3, 0.4) is 0 Å². The molecule has 2 aromatic carbocycles. The number of amides is 1. The minimum atomic E-state index is -2.96. The summed E-state index contributed by atoms with van der Waals surface area (Å²) in [6.07, 6.45) is 0.401. The molecule has 0 aliphatic heterocycles. The van der Waals surface area contributed by atoms with E-state index in [-0.39, 0.29) is 24.6 Å². The zero-order chi connectivity index (χ0) is 21.7. The van der Waals surface area contributed by atoms with Crippen LogP contribution in [0, 0.1) is 0 Å². The Labute approximate surface area is 169 Å². The lowest BCUT2D eigenvalue weighted by molar-refractivity contribution is -0.121. The second-order valence-electron chi connectivity index (χ2n) is 6.33. The summed E-state index contributed by atoms with van der Waals surface area (Å²) < 4.78 is 35.4. The Morgan fingerprint density at radius 2 is 1.93 bits per heavy atom. The Kier molecular flexibility index (Phi) is 6.45. The van der Waals surface area contributed by atoms with Gasteiger partial charge in [0.2, 0.25) is 5.91 Å². The molecule has 2 N–H and O–H groups in total. The van der Waals surface area contributed by atoms with E-state index in [1.54, 1.807) is 36.4 Å². The molecule has 0 saturated heterocycles. The highest BCUT2D eigenvalue weighted by Crippen LogP contribution is 2.29. The molecule has 0 atom stereocenters. The molecule has 0 saturated carbocycles. The molecule has 1 aromatic heterocycles. The molecule has 0 spiro atoms. The third kappa shape index (κ3) is 4.83. The minimum absolute atomic E-state index is 0.0791. The second-order valence-corrected chi connectivity index (χ2v) is 6.33. The van der Waals surface area contributed by atoms with Gasteiger partial charge >= 0.3 is 12.3 Å². The van der Waals surface area contributed by atoms with Gasteiger partial charge in [0.15, 0.2) is 11.5 Å². The van der Waals surface area contributed by atoms with Crippen LogP contribution in [0.2, 0.25) is 0 Å². The molecule has 8 nitrogen and oxygen atoms in total. The predicted octanol–water partition coefficient (Wildman–Crippen LogP) is 1.66. The summed E-state index contributed by atoms with van der Waals surface area (Å²) in [4.78, 5) is 38.5. The zero-order valence-electron chi connectivity index (χ0n) is 16.0. The first-order valence-corrected chi connectivity index (χ1v) is 8.99. The standard InChI is InChI=1S/C20H19F2N3O5/c1-29-16-10-12(6-7-15(16)30-19(21)22)8-9-23-17(26)11-25-14-5-3-2-4-13(14)18(27)24-20(25)28/h2-7,10,19H,8-9,11H2,1H3,(H,23,26)(H,24,27,28). The topological polar surface area (TPSA) is 102 Å². The SMILES string of the molecule is COc1cc(CCNC(=O)Cn2c(=O)[nH]c(=O)c3ccccc32)ccc1OC(F)F. The number of para-hydroxylation sites is 1. The van der Waals surface area contributed by atoms with E-state index in [0.717, 1.165) is 5.56 Å². The van der Waals surface area contributed by atoms with Crippen LogP contribution in [0.15, 0.2) is 52.1 Å². The number of hydrogen-bond donors (Lipinski definition) is 2. The number of nitrogens with one attached hydrogen (secondary N) is 2. The first-order chi connectivity index (χ1) is 14.4. The van der Waals surface area contributed by atoms with Gasteiger partial charge in [-0.3, -0.25) is 19.1 Å². The highest BCUT2D eigenvalue weighted by Gasteiger charge is 2.12. The number of ether oxygens (including phenoxy) is 2. The van der Waals surface area contributed by atoms with Crippen molar-refractivity contribution in [2.75, 3.05) is 13.7 Å². The van der Waals surface area contributed by atoms with Crippen LogP contribution < -0.4 is 26.0 Å². The molecule has 30 heavy (non-hydrogen) atoms. The lowest BCUT2D eigenvalue weighted by Crippen LogP contribution is -2.36. The fourth-order valence-corrected chi connectivity index (χ4v) is 3.01. The third-order valence-corrected chi connectivity index (χ3v) is 4.39. The number of H-pyrrole nitrogens is 1. The summed E-state index contributed by atoms with van der Waals surface area (Å²) in [7, 11) is 1.34. The first kappa shape index (κ1) is 21.0. The number of methoxy groups -OCH3 is 1. The smallest absolute Gasteiger partial charge is 0.387 e. The van der Waals surface area contributed by atoms with Gasteiger partial charge in [-0.2, -0.15) is 8.78 Å². The molecule has 1 amide bonds. The van der Waals surface area contributed by atoms with Crippen molar-refractivity contribution in [2.45, 2.75) is 19.6 Å². The number of rotatable bonds is 8. The summed E-state index contributed by atoms with van der Waals surface area (Å²) >= 11 is 0. The van der Waals surface area contributed by atoms with Crippen molar-refractivity contribution in [1.29, 1.82) is 0 Å². The maximum absolute atomic E-state index is 12.4. The lowest BCUT2D eigenvalue weighted by atomic mass is 10.1. The van der Waals surface area contributed by atoms with Crippen LogP contribution >= 0.6 is 0 Å². The van der Waals surface area contributed by atoms with Crippen molar-refractivity contribution < 1.29 is 23.0 Å². The normalized spacial score (nSPS) is 10.9.